The first-order valence-electron chi connectivity index (χ1n) is 6.67. The standard InChI is InChI=1S/C17H13F3N/c18-17(19,20)16-14(10-12-6-2-1-3-7-12)11-13-8-4-5-9-15(13)21-16/h1-9,11,14H,10H2. The topological polar surface area (TPSA) is 12.4 Å². The van der Waals surface area contributed by atoms with E-state index in [1.165, 1.54) is 0 Å². The molecule has 3 rings (SSSR count). The molecule has 21 heavy (non-hydrogen) atoms. The van der Waals surface area contributed by atoms with Crippen LogP contribution in [0, 0.1) is 12.3 Å². The Balaban J connectivity index is 1.96. The Kier molecular flexibility index (Phi) is 3.53. The summed E-state index contributed by atoms with van der Waals surface area (Å²) in [5, 5.41) is 0. The molecule has 0 aliphatic carbocycles. The van der Waals surface area contributed by atoms with E-state index in [1.54, 1.807) is 24.6 Å². The van der Waals surface area contributed by atoms with Crippen molar-refractivity contribution in [1.29, 1.82) is 0 Å². The van der Waals surface area contributed by atoms with E-state index >= 15 is 0 Å². The zero-order chi connectivity index (χ0) is 14.9. The Bertz CT molecular complexity index is 659. The maximum atomic E-state index is 13.2. The summed E-state index contributed by atoms with van der Waals surface area (Å²) in [6.45, 7) is 0. The highest BCUT2D eigenvalue weighted by Gasteiger charge is 2.42. The highest BCUT2D eigenvalue weighted by Crippen LogP contribution is 2.37. The fraction of sp³-hybridized carbons (Fsp3) is 0.176. The third-order valence-corrected chi connectivity index (χ3v) is 3.50. The van der Waals surface area contributed by atoms with Crippen LogP contribution in [0.15, 0.2) is 59.6 Å². The Morgan fingerprint density at radius 2 is 1.57 bits per heavy atom. The first kappa shape index (κ1) is 13.9. The average molecular weight is 288 g/mol. The lowest BCUT2D eigenvalue weighted by Crippen LogP contribution is -2.34. The molecule has 1 radical (unpaired) electrons. The second kappa shape index (κ2) is 5.35. The number of alkyl halides is 3. The van der Waals surface area contributed by atoms with Crippen LogP contribution in [0.25, 0.3) is 0 Å². The molecule has 107 valence electrons. The van der Waals surface area contributed by atoms with Gasteiger partial charge in [-0.3, -0.25) is 0 Å². The number of hydrogen-bond acceptors (Lipinski definition) is 1. The van der Waals surface area contributed by atoms with Crippen molar-refractivity contribution in [2.45, 2.75) is 12.6 Å². The number of hydrogen-bond donors (Lipinski definition) is 0. The van der Waals surface area contributed by atoms with Gasteiger partial charge >= 0.3 is 6.18 Å². The zero-order valence-corrected chi connectivity index (χ0v) is 11.1. The monoisotopic (exact) mass is 288 g/mol. The average Bonchev–Trinajstić information content (AvgIpc) is 2.46. The fourth-order valence-corrected chi connectivity index (χ4v) is 2.54. The van der Waals surface area contributed by atoms with E-state index in [1.807, 2.05) is 36.4 Å². The molecule has 1 aliphatic heterocycles. The van der Waals surface area contributed by atoms with Crippen LogP contribution >= 0.6 is 0 Å². The van der Waals surface area contributed by atoms with Gasteiger partial charge in [0.2, 0.25) is 0 Å². The van der Waals surface area contributed by atoms with E-state index in [0.717, 1.165) is 11.1 Å². The van der Waals surface area contributed by atoms with E-state index in [9.17, 15) is 13.2 Å². The van der Waals surface area contributed by atoms with Crippen LogP contribution in [-0.2, 0) is 6.42 Å². The van der Waals surface area contributed by atoms with Gasteiger partial charge in [0.1, 0.15) is 5.71 Å². The third kappa shape index (κ3) is 2.99. The third-order valence-electron chi connectivity index (χ3n) is 3.50. The largest absolute Gasteiger partial charge is 0.429 e. The summed E-state index contributed by atoms with van der Waals surface area (Å²) in [6, 6.07) is 16.1. The summed E-state index contributed by atoms with van der Waals surface area (Å²) in [5.41, 5.74) is 1.29. The Labute approximate surface area is 121 Å². The van der Waals surface area contributed by atoms with Crippen molar-refractivity contribution in [2.75, 3.05) is 0 Å². The lowest BCUT2D eigenvalue weighted by molar-refractivity contribution is -0.0623. The molecule has 0 aromatic heterocycles. The van der Waals surface area contributed by atoms with E-state index in [2.05, 4.69) is 4.99 Å². The van der Waals surface area contributed by atoms with Crippen molar-refractivity contribution in [1.82, 2.24) is 0 Å². The summed E-state index contributed by atoms with van der Waals surface area (Å²) in [4.78, 5) is 3.85. The lowest BCUT2D eigenvalue weighted by atomic mass is 9.85. The van der Waals surface area contributed by atoms with Crippen molar-refractivity contribution < 1.29 is 13.2 Å². The van der Waals surface area contributed by atoms with Crippen LogP contribution in [-0.4, -0.2) is 11.9 Å². The molecule has 0 fully saturated rings. The maximum absolute atomic E-state index is 13.2. The van der Waals surface area contributed by atoms with E-state index in [0.29, 0.717) is 12.1 Å². The van der Waals surface area contributed by atoms with Crippen molar-refractivity contribution in [3.8, 4) is 0 Å². The first-order chi connectivity index (χ1) is 10.0. The number of fused-ring (bicyclic) bond motifs is 1. The lowest BCUT2D eigenvalue weighted by Gasteiger charge is -2.26. The fourth-order valence-electron chi connectivity index (χ4n) is 2.54. The van der Waals surface area contributed by atoms with Gasteiger partial charge in [-0.05, 0) is 23.6 Å². The molecule has 1 unspecified atom stereocenters. The van der Waals surface area contributed by atoms with Crippen molar-refractivity contribution in [3.05, 3.63) is 72.1 Å². The molecular weight excluding hydrogens is 275 g/mol. The molecular formula is C17H13F3N. The Hall–Kier alpha value is -2.10. The molecule has 4 heteroatoms. The van der Waals surface area contributed by atoms with Gasteiger partial charge in [0.05, 0.1) is 5.69 Å². The van der Waals surface area contributed by atoms with Gasteiger partial charge in [-0.2, -0.15) is 13.2 Å². The predicted molar refractivity (Wildman–Crippen MR) is 76.6 cm³/mol. The number of para-hydroxylation sites is 1. The Morgan fingerprint density at radius 3 is 2.29 bits per heavy atom. The van der Waals surface area contributed by atoms with Gasteiger partial charge in [0.25, 0.3) is 0 Å². The second-order valence-corrected chi connectivity index (χ2v) is 5.02. The van der Waals surface area contributed by atoms with Gasteiger partial charge in [0, 0.05) is 12.3 Å². The molecule has 1 atom stereocenters. The number of halogens is 3. The minimum absolute atomic E-state index is 0.299. The zero-order valence-electron chi connectivity index (χ0n) is 11.1. The molecule has 0 bridgehead atoms. The molecule has 0 N–H and O–H groups in total. The summed E-state index contributed by atoms with van der Waals surface area (Å²) >= 11 is 0. The normalized spacial score (nSPS) is 18.0. The minimum atomic E-state index is -4.41. The number of rotatable bonds is 2. The number of aliphatic imine (C=N–C) groups is 1. The van der Waals surface area contributed by atoms with Crippen LogP contribution in [0.4, 0.5) is 18.9 Å². The number of benzene rings is 2. The van der Waals surface area contributed by atoms with Crippen LogP contribution in [0.3, 0.4) is 0 Å². The molecule has 0 saturated carbocycles. The Morgan fingerprint density at radius 1 is 0.905 bits per heavy atom. The highest BCUT2D eigenvalue weighted by atomic mass is 19.4. The van der Waals surface area contributed by atoms with E-state index < -0.39 is 17.8 Å². The molecule has 1 nitrogen and oxygen atoms in total. The van der Waals surface area contributed by atoms with Crippen LogP contribution in [0.2, 0.25) is 0 Å². The smallest absolute Gasteiger partial charge is 0.248 e. The first-order valence-corrected chi connectivity index (χ1v) is 6.67. The highest BCUT2D eigenvalue weighted by molar-refractivity contribution is 5.97. The van der Waals surface area contributed by atoms with Gasteiger partial charge in [-0.1, -0.05) is 48.5 Å². The predicted octanol–water partition coefficient (Wildman–Crippen LogP) is 4.75. The summed E-state index contributed by atoms with van der Waals surface area (Å²) in [7, 11) is 0. The van der Waals surface area contributed by atoms with Crippen molar-refractivity contribution in [3.63, 3.8) is 0 Å². The maximum Gasteiger partial charge on any atom is 0.429 e. The summed E-state index contributed by atoms with van der Waals surface area (Å²) in [5.74, 6) is -0.748. The molecule has 0 amide bonds. The minimum Gasteiger partial charge on any atom is -0.248 e. The molecule has 1 aliphatic rings. The van der Waals surface area contributed by atoms with Crippen LogP contribution in [0.1, 0.15) is 11.1 Å². The summed E-state index contributed by atoms with van der Waals surface area (Å²) in [6.07, 6.45) is -2.45. The summed E-state index contributed by atoms with van der Waals surface area (Å²) < 4.78 is 39.7. The molecule has 0 spiro atoms. The SMILES string of the molecule is FC(F)(F)C1=Nc2ccccc2[CH]C1Cc1ccccc1. The van der Waals surface area contributed by atoms with Crippen LogP contribution < -0.4 is 0 Å². The second-order valence-electron chi connectivity index (χ2n) is 5.02. The quantitative estimate of drug-likeness (QED) is 0.756. The van der Waals surface area contributed by atoms with E-state index in [-0.39, 0.29) is 0 Å². The van der Waals surface area contributed by atoms with Gasteiger partial charge in [0.15, 0.2) is 0 Å². The molecule has 2 aromatic rings. The molecule has 0 saturated heterocycles. The van der Waals surface area contributed by atoms with Crippen molar-refractivity contribution >= 4 is 11.4 Å². The number of nitrogens with zero attached hydrogens (tertiary/aromatic N) is 1. The molecule has 1 heterocycles. The van der Waals surface area contributed by atoms with E-state index in [4.69, 9.17) is 0 Å². The van der Waals surface area contributed by atoms with Crippen LogP contribution in [0.5, 0.6) is 0 Å². The molecule has 2 aromatic carbocycles. The van der Waals surface area contributed by atoms with Gasteiger partial charge in [-0.25, -0.2) is 4.99 Å². The van der Waals surface area contributed by atoms with Crippen molar-refractivity contribution in [2.24, 2.45) is 10.9 Å². The van der Waals surface area contributed by atoms with Gasteiger partial charge in [-0.15, -0.1) is 0 Å². The van der Waals surface area contributed by atoms with Gasteiger partial charge < -0.3 is 0 Å².